The highest BCUT2D eigenvalue weighted by Gasteiger charge is 2.37. The van der Waals surface area contributed by atoms with Crippen molar-refractivity contribution in [3.8, 4) is 11.4 Å². The van der Waals surface area contributed by atoms with Crippen LogP contribution in [0.5, 0.6) is 0 Å². The Morgan fingerprint density at radius 1 is 1.14 bits per heavy atom. The summed E-state index contributed by atoms with van der Waals surface area (Å²) in [4.78, 5) is 33.3. The maximum atomic E-state index is 13.5. The summed E-state index contributed by atoms with van der Waals surface area (Å²) in [6.45, 7) is 1.69. The van der Waals surface area contributed by atoms with E-state index in [-0.39, 0.29) is 22.6 Å². The van der Waals surface area contributed by atoms with Gasteiger partial charge in [-0.25, -0.2) is 9.07 Å². The Morgan fingerprint density at radius 2 is 1.91 bits per heavy atom. The van der Waals surface area contributed by atoms with Gasteiger partial charge in [0, 0.05) is 23.5 Å². The molecule has 11 heteroatoms. The number of nitro benzene ring substituents is 1. The number of hydrogen-bond donors (Lipinski definition) is 2. The Kier molecular flexibility index (Phi) is 5.49. The molecule has 5 rings (SSSR count). The Morgan fingerprint density at radius 3 is 2.63 bits per heavy atom. The smallest absolute Gasteiger partial charge is 0.275 e. The van der Waals surface area contributed by atoms with Crippen molar-refractivity contribution in [3.63, 3.8) is 0 Å². The number of nitrogens with one attached hydrogen (secondary N) is 2. The Labute approximate surface area is 198 Å². The van der Waals surface area contributed by atoms with Crippen molar-refractivity contribution in [1.82, 2.24) is 19.7 Å². The zero-order chi connectivity index (χ0) is 24.5. The molecule has 0 saturated heterocycles. The SMILES string of the molecule is CC1=C(C(=O)Nc2cccnc2)C(c2ccccc2[N+](=O)[O-])n2nc(-c3ccc(F)cc3)nc2N1. The van der Waals surface area contributed by atoms with Crippen molar-refractivity contribution in [2.75, 3.05) is 10.6 Å². The molecule has 0 fully saturated rings. The number of rotatable bonds is 5. The monoisotopic (exact) mass is 471 g/mol. The number of pyridine rings is 1. The van der Waals surface area contributed by atoms with Crippen molar-refractivity contribution in [1.29, 1.82) is 0 Å². The number of hydrogen-bond acceptors (Lipinski definition) is 7. The number of aromatic nitrogens is 4. The van der Waals surface area contributed by atoms with Gasteiger partial charge in [0.1, 0.15) is 11.9 Å². The molecule has 2 aromatic heterocycles. The quantitative estimate of drug-likeness (QED) is 0.328. The number of para-hydroxylation sites is 1. The van der Waals surface area contributed by atoms with Gasteiger partial charge in [0.15, 0.2) is 5.82 Å². The third-order valence-corrected chi connectivity index (χ3v) is 5.55. The zero-order valence-corrected chi connectivity index (χ0v) is 18.3. The highest BCUT2D eigenvalue weighted by atomic mass is 19.1. The van der Waals surface area contributed by atoms with Crippen LogP contribution in [0.2, 0.25) is 0 Å². The highest BCUT2D eigenvalue weighted by molar-refractivity contribution is 6.06. The molecule has 1 aliphatic rings. The van der Waals surface area contributed by atoms with Gasteiger partial charge in [-0.1, -0.05) is 12.1 Å². The van der Waals surface area contributed by atoms with Gasteiger partial charge >= 0.3 is 0 Å². The van der Waals surface area contributed by atoms with Crippen molar-refractivity contribution in [2.24, 2.45) is 0 Å². The van der Waals surface area contributed by atoms with Crippen LogP contribution >= 0.6 is 0 Å². The molecule has 0 saturated carbocycles. The molecule has 1 amide bonds. The lowest BCUT2D eigenvalue weighted by molar-refractivity contribution is -0.385. The topological polar surface area (TPSA) is 128 Å². The molecule has 0 bridgehead atoms. The molecule has 2 N–H and O–H groups in total. The van der Waals surface area contributed by atoms with Gasteiger partial charge in [-0.2, -0.15) is 4.98 Å². The summed E-state index contributed by atoms with van der Waals surface area (Å²) in [6, 6.07) is 14.2. The van der Waals surface area contributed by atoms with E-state index in [2.05, 4.69) is 25.7 Å². The van der Waals surface area contributed by atoms with Crippen LogP contribution in [0.15, 0.2) is 84.3 Å². The molecule has 0 aliphatic carbocycles. The first-order valence-electron chi connectivity index (χ1n) is 10.6. The minimum absolute atomic E-state index is 0.163. The molecular formula is C24H18FN7O3. The Balaban J connectivity index is 1.66. The van der Waals surface area contributed by atoms with Crippen molar-refractivity contribution in [2.45, 2.75) is 13.0 Å². The third kappa shape index (κ3) is 4.10. The second-order valence-corrected chi connectivity index (χ2v) is 7.79. The molecule has 1 atom stereocenters. The van der Waals surface area contributed by atoms with Crippen LogP contribution in [0.4, 0.5) is 21.7 Å². The number of allylic oxidation sites excluding steroid dienone is 1. The number of carbonyl (C=O) groups excluding carboxylic acids is 1. The van der Waals surface area contributed by atoms with Gasteiger partial charge in [-0.05, 0) is 49.4 Å². The molecule has 10 nitrogen and oxygen atoms in total. The average molecular weight is 471 g/mol. The summed E-state index contributed by atoms with van der Waals surface area (Å²) in [6.07, 6.45) is 3.08. The summed E-state index contributed by atoms with van der Waals surface area (Å²) in [5, 5.41) is 22.3. The number of anilines is 2. The lowest BCUT2D eigenvalue weighted by atomic mass is 9.93. The predicted molar refractivity (Wildman–Crippen MR) is 126 cm³/mol. The molecule has 0 radical (unpaired) electrons. The summed E-state index contributed by atoms with van der Waals surface area (Å²) < 4.78 is 14.9. The number of carbonyl (C=O) groups is 1. The molecule has 4 aromatic rings. The molecule has 1 unspecified atom stereocenters. The molecular weight excluding hydrogens is 453 g/mol. The van der Waals surface area contributed by atoms with Gasteiger partial charge in [0.05, 0.1) is 27.9 Å². The van der Waals surface area contributed by atoms with Crippen LogP contribution in [0.3, 0.4) is 0 Å². The molecule has 174 valence electrons. The van der Waals surface area contributed by atoms with Crippen LogP contribution < -0.4 is 10.6 Å². The van der Waals surface area contributed by atoms with Crippen LogP contribution in [-0.2, 0) is 4.79 Å². The molecule has 1 aliphatic heterocycles. The summed E-state index contributed by atoms with van der Waals surface area (Å²) >= 11 is 0. The Bertz CT molecular complexity index is 1470. The van der Waals surface area contributed by atoms with Gasteiger partial charge in [-0.15, -0.1) is 5.10 Å². The highest BCUT2D eigenvalue weighted by Crippen LogP contribution is 2.40. The second-order valence-electron chi connectivity index (χ2n) is 7.79. The summed E-state index contributed by atoms with van der Waals surface area (Å²) in [5.41, 5.74) is 1.81. The summed E-state index contributed by atoms with van der Waals surface area (Å²) in [5.74, 6) is -0.308. The number of fused-ring (bicyclic) bond motifs is 1. The fraction of sp³-hybridized carbons (Fsp3) is 0.0833. The number of nitro groups is 1. The predicted octanol–water partition coefficient (Wildman–Crippen LogP) is 4.32. The number of halogens is 1. The summed E-state index contributed by atoms with van der Waals surface area (Å²) in [7, 11) is 0. The maximum Gasteiger partial charge on any atom is 0.275 e. The van der Waals surface area contributed by atoms with E-state index in [1.165, 1.54) is 41.2 Å². The number of benzene rings is 2. The second kappa shape index (κ2) is 8.78. The van der Waals surface area contributed by atoms with E-state index in [9.17, 15) is 19.3 Å². The number of nitrogens with zero attached hydrogens (tertiary/aromatic N) is 5. The van der Waals surface area contributed by atoms with Crippen LogP contribution in [0, 0.1) is 15.9 Å². The first kappa shape index (κ1) is 21.9. The van der Waals surface area contributed by atoms with Gasteiger partial charge in [0.2, 0.25) is 5.95 Å². The largest absolute Gasteiger partial charge is 0.328 e. The van der Waals surface area contributed by atoms with Crippen molar-refractivity contribution in [3.05, 3.63) is 106 Å². The molecule has 2 aromatic carbocycles. The zero-order valence-electron chi connectivity index (χ0n) is 18.3. The first-order valence-corrected chi connectivity index (χ1v) is 10.6. The third-order valence-electron chi connectivity index (χ3n) is 5.55. The van der Waals surface area contributed by atoms with E-state index in [1.54, 1.807) is 43.5 Å². The molecule has 35 heavy (non-hydrogen) atoms. The molecule has 0 spiro atoms. The van der Waals surface area contributed by atoms with Gasteiger partial charge in [0.25, 0.3) is 11.6 Å². The Hall–Kier alpha value is -4.93. The van der Waals surface area contributed by atoms with E-state index in [0.29, 0.717) is 22.9 Å². The van der Waals surface area contributed by atoms with Crippen LogP contribution in [-0.4, -0.2) is 30.6 Å². The van der Waals surface area contributed by atoms with E-state index < -0.39 is 22.7 Å². The minimum atomic E-state index is -0.953. The standard InChI is InChI=1S/C24H18FN7O3/c1-14-20(23(33)28-17-5-4-12-26-13-17)21(18-6-2-3-7-19(18)32(34)35)31-24(27-14)29-22(30-31)15-8-10-16(25)11-9-15/h2-13,21H,1H3,(H,28,33)(H,27,29,30). The fourth-order valence-electron chi connectivity index (χ4n) is 3.97. The van der Waals surface area contributed by atoms with E-state index in [1.807, 2.05) is 0 Å². The lowest BCUT2D eigenvalue weighted by Crippen LogP contribution is -2.32. The van der Waals surface area contributed by atoms with Crippen LogP contribution in [0.1, 0.15) is 18.5 Å². The first-order chi connectivity index (χ1) is 16.9. The average Bonchev–Trinajstić information content (AvgIpc) is 3.27. The molecule has 3 heterocycles. The lowest BCUT2D eigenvalue weighted by Gasteiger charge is -2.28. The van der Waals surface area contributed by atoms with Gasteiger partial charge in [-0.3, -0.25) is 19.9 Å². The van der Waals surface area contributed by atoms with Crippen molar-refractivity contribution < 1.29 is 14.1 Å². The van der Waals surface area contributed by atoms with E-state index in [0.717, 1.165) is 0 Å². The number of amides is 1. The normalized spacial score (nSPS) is 14.7. The van der Waals surface area contributed by atoms with Crippen molar-refractivity contribution >= 4 is 23.2 Å². The van der Waals surface area contributed by atoms with E-state index >= 15 is 0 Å². The van der Waals surface area contributed by atoms with Gasteiger partial charge < -0.3 is 10.6 Å². The fourth-order valence-corrected chi connectivity index (χ4v) is 3.97. The van der Waals surface area contributed by atoms with E-state index in [4.69, 9.17) is 0 Å². The maximum absolute atomic E-state index is 13.5. The van der Waals surface area contributed by atoms with Crippen LogP contribution in [0.25, 0.3) is 11.4 Å². The minimum Gasteiger partial charge on any atom is -0.328 e.